The highest BCUT2D eigenvalue weighted by Crippen LogP contribution is 2.20. The number of nitrogens with zero attached hydrogens (tertiary/aromatic N) is 1. The van der Waals surface area contributed by atoms with Crippen LogP contribution in [0, 0.1) is 0 Å². The average Bonchev–Trinajstić information content (AvgIpc) is 2.39. The third-order valence-corrected chi connectivity index (χ3v) is 3.43. The zero-order valence-electron chi connectivity index (χ0n) is 11.7. The fraction of sp³-hybridized carbons (Fsp3) is 0.625. The highest BCUT2D eigenvalue weighted by molar-refractivity contribution is 5.18. The Hall–Kier alpha value is -0.820. The van der Waals surface area contributed by atoms with Gasteiger partial charge in [-0.15, -0.1) is 0 Å². The van der Waals surface area contributed by atoms with E-state index in [1.807, 2.05) is 0 Å². The van der Waals surface area contributed by atoms with Crippen molar-refractivity contribution < 1.29 is 0 Å². The predicted molar refractivity (Wildman–Crippen MR) is 76.2 cm³/mol. The summed E-state index contributed by atoms with van der Waals surface area (Å²) in [5.41, 5.74) is 1.44. The number of unbranched alkanes of at least 4 members (excludes halogenated alkanes) is 2. The molecule has 0 fully saturated rings. The summed E-state index contributed by atoms with van der Waals surface area (Å²) in [5, 5.41) is 0. The number of rotatable bonds is 8. The molecule has 1 atom stereocenters. The van der Waals surface area contributed by atoms with Gasteiger partial charge in [0.1, 0.15) is 0 Å². The molecule has 1 aromatic rings. The van der Waals surface area contributed by atoms with Gasteiger partial charge in [0, 0.05) is 6.04 Å². The topological polar surface area (TPSA) is 3.24 Å². The summed E-state index contributed by atoms with van der Waals surface area (Å²) in [6.45, 7) is 9.33. The van der Waals surface area contributed by atoms with Crippen molar-refractivity contribution in [2.45, 2.75) is 52.5 Å². The molecule has 96 valence electrons. The van der Waals surface area contributed by atoms with E-state index in [4.69, 9.17) is 0 Å². The van der Waals surface area contributed by atoms with Crippen molar-refractivity contribution >= 4 is 0 Å². The Bertz CT molecular complexity index is 273. The molecular formula is C16H27N. The van der Waals surface area contributed by atoms with Crippen LogP contribution in [0.5, 0.6) is 0 Å². The van der Waals surface area contributed by atoms with E-state index < -0.39 is 0 Å². The molecule has 0 saturated heterocycles. The molecule has 0 heterocycles. The molecular weight excluding hydrogens is 206 g/mol. The van der Waals surface area contributed by atoms with Gasteiger partial charge in [-0.3, -0.25) is 4.90 Å². The SMILES string of the molecule is CCCCN(CCCC)[C@H](C)c1ccccc1. The van der Waals surface area contributed by atoms with Crippen molar-refractivity contribution in [3.05, 3.63) is 35.9 Å². The van der Waals surface area contributed by atoms with Gasteiger partial charge in [0.15, 0.2) is 0 Å². The monoisotopic (exact) mass is 233 g/mol. The van der Waals surface area contributed by atoms with Gasteiger partial charge < -0.3 is 0 Å². The lowest BCUT2D eigenvalue weighted by Gasteiger charge is -2.29. The van der Waals surface area contributed by atoms with Crippen molar-refractivity contribution in [1.29, 1.82) is 0 Å². The second kappa shape index (κ2) is 8.30. The standard InChI is InChI=1S/C16H27N/c1-4-6-13-17(14-7-5-2)15(3)16-11-9-8-10-12-16/h8-12,15H,4-7,13-14H2,1-3H3/t15-/m1/s1. The van der Waals surface area contributed by atoms with Crippen LogP contribution < -0.4 is 0 Å². The maximum absolute atomic E-state index is 2.63. The van der Waals surface area contributed by atoms with E-state index in [2.05, 4.69) is 56.0 Å². The van der Waals surface area contributed by atoms with Crippen LogP contribution in [-0.4, -0.2) is 18.0 Å². The van der Waals surface area contributed by atoms with Crippen molar-refractivity contribution in [3.63, 3.8) is 0 Å². The summed E-state index contributed by atoms with van der Waals surface area (Å²) >= 11 is 0. The van der Waals surface area contributed by atoms with Crippen molar-refractivity contribution in [2.24, 2.45) is 0 Å². The molecule has 1 aromatic carbocycles. The fourth-order valence-electron chi connectivity index (χ4n) is 2.16. The quantitative estimate of drug-likeness (QED) is 0.631. The lowest BCUT2D eigenvalue weighted by molar-refractivity contribution is 0.204. The van der Waals surface area contributed by atoms with E-state index >= 15 is 0 Å². The second-order valence-corrected chi connectivity index (χ2v) is 4.83. The molecule has 1 rings (SSSR count). The Morgan fingerprint density at radius 2 is 1.47 bits per heavy atom. The van der Waals surface area contributed by atoms with Crippen LogP contribution in [0.3, 0.4) is 0 Å². The molecule has 0 amide bonds. The third kappa shape index (κ3) is 4.91. The Morgan fingerprint density at radius 3 is 1.94 bits per heavy atom. The van der Waals surface area contributed by atoms with Crippen LogP contribution >= 0.6 is 0 Å². The molecule has 0 aromatic heterocycles. The molecule has 0 bridgehead atoms. The molecule has 0 unspecified atom stereocenters. The zero-order valence-corrected chi connectivity index (χ0v) is 11.7. The highest BCUT2D eigenvalue weighted by Gasteiger charge is 2.13. The average molecular weight is 233 g/mol. The Labute approximate surface area is 107 Å². The van der Waals surface area contributed by atoms with Crippen molar-refractivity contribution in [1.82, 2.24) is 4.90 Å². The smallest absolute Gasteiger partial charge is 0.0319 e. The molecule has 1 nitrogen and oxygen atoms in total. The minimum absolute atomic E-state index is 0.550. The van der Waals surface area contributed by atoms with E-state index in [1.54, 1.807) is 0 Å². The third-order valence-electron chi connectivity index (χ3n) is 3.43. The predicted octanol–water partition coefficient (Wildman–Crippen LogP) is 4.65. The van der Waals surface area contributed by atoms with Crippen LogP contribution in [0.15, 0.2) is 30.3 Å². The van der Waals surface area contributed by atoms with E-state index in [1.165, 1.54) is 44.3 Å². The molecule has 0 saturated carbocycles. The molecule has 0 N–H and O–H groups in total. The van der Waals surface area contributed by atoms with E-state index in [-0.39, 0.29) is 0 Å². The van der Waals surface area contributed by atoms with Gasteiger partial charge in [-0.1, -0.05) is 57.0 Å². The highest BCUT2D eigenvalue weighted by atomic mass is 15.1. The molecule has 0 aliphatic rings. The van der Waals surface area contributed by atoms with Crippen LogP contribution in [0.4, 0.5) is 0 Å². The largest absolute Gasteiger partial charge is 0.297 e. The van der Waals surface area contributed by atoms with E-state index in [0.717, 1.165) is 0 Å². The van der Waals surface area contributed by atoms with Crippen molar-refractivity contribution in [3.8, 4) is 0 Å². The summed E-state index contributed by atoms with van der Waals surface area (Å²) in [4.78, 5) is 2.63. The molecule has 0 radical (unpaired) electrons. The summed E-state index contributed by atoms with van der Waals surface area (Å²) in [6.07, 6.45) is 5.18. The molecule has 0 spiro atoms. The summed E-state index contributed by atoms with van der Waals surface area (Å²) in [5.74, 6) is 0. The molecule has 0 aliphatic carbocycles. The fourth-order valence-corrected chi connectivity index (χ4v) is 2.16. The Kier molecular flexibility index (Phi) is 6.95. The number of hydrogen-bond donors (Lipinski definition) is 0. The normalized spacial score (nSPS) is 12.9. The zero-order chi connectivity index (χ0) is 12.5. The first-order valence-electron chi connectivity index (χ1n) is 7.08. The molecule has 0 aliphatic heterocycles. The van der Waals surface area contributed by atoms with Gasteiger partial charge in [-0.25, -0.2) is 0 Å². The van der Waals surface area contributed by atoms with Crippen LogP contribution in [0.2, 0.25) is 0 Å². The number of benzene rings is 1. The molecule has 17 heavy (non-hydrogen) atoms. The number of hydrogen-bond acceptors (Lipinski definition) is 1. The first kappa shape index (κ1) is 14.2. The van der Waals surface area contributed by atoms with Crippen molar-refractivity contribution in [2.75, 3.05) is 13.1 Å². The Morgan fingerprint density at radius 1 is 0.941 bits per heavy atom. The Balaban J connectivity index is 2.61. The van der Waals surface area contributed by atoms with Gasteiger partial charge in [-0.05, 0) is 38.4 Å². The van der Waals surface area contributed by atoms with E-state index in [0.29, 0.717) is 6.04 Å². The summed E-state index contributed by atoms with van der Waals surface area (Å²) in [7, 11) is 0. The van der Waals surface area contributed by atoms with Gasteiger partial charge in [-0.2, -0.15) is 0 Å². The van der Waals surface area contributed by atoms with Gasteiger partial charge in [0.2, 0.25) is 0 Å². The van der Waals surface area contributed by atoms with Crippen LogP contribution in [-0.2, 0) is 0 Å². The molecule has 1 heteroatoms. The summed E-state index contributed by atoms with van der Waals surface area (Å²) < 4.78 is 0. The van der Waals surface area contributed by atoms with Crippen LogP contribution in [0.1, 0.15) is 58.1 Å². The van der Waals surface area contributed by atoms with Gasteiger partial charge in [0.05, 0.1) is 0 Å². The summed E-state index contributed by atoms with van der Waals surface area (Å²) in [6, 6.07) is 11.4. The first-order valence-corrected chi connectivity index (χ1v) is 7.08. The lowest BCUT2D eigenvalue weighted by Crippen LogP contribution is -2.29. The van der Waals surface area contributed by atoms with E-state index in [9.17, 15) is 0 Å². The van der Waals surface area contributed by atoms with Gasteiger partial charge >= 0.3 is 0 Å². The first-order chi connectivity index (χ1) is 8.29. The minimum atomic E-state index is 0.550. The maximum atomic E-state index is 2.63. The van der Waals surface area contributed by atoms with Crippen LogP contribution in [0.25, 0.3) is 0 Å². The second-order valence-electron chi connectivity index (χ2n) is 4.83. The minimum Gasteiger partial charge on any atom is -0.297 e. The van der Waals surface area contributed by atoms with Gasteiger partial charge in [0.25, 0.3) is 0 Å². The maximum Gasteiger partial charge on any atom is 0.0319 e. The lowest BCUT2D eigenvalue weighted by atomic mass is 10.1.